The van der Waals surface area contributed by atoms with E-state index in [0.29, 0.717) is 17.7 Å². The van der Waals surface area contributed by atoms with Crippen molar-refractivity contribution in [2.75, 3.05) is 10.9 Å². The molecule has 1 aromatic heterocycles. The number of hydrogen-bond donors (Lipinski definition) is 0. The van der Waals surface area contributed by atoms with E-state index in [9.17, 15) is 18.0 Å². The number of carbonyl (C=O) groups excluding carboxylic acids is 2. The van der Waals surface area contributed by atoms with E-state index >= 15 is 0 Å². The number of anilines is 1. The van der Waals surface area contributed by atoms with Gasteiger partial charge in [0.2, 0.25) is 5.78 Å². The second kappa shape index (κ2) is 8.51. The number of para-hydroxylation sites is 1. The minimum atomic E-state index is -3.88. The number of esters is 1. The van der Waals surface area contributed by atoms with Gasteiger partial charge >= 0.3 is 5.97 Å². The van der Waals surface area contributed by atoms with Crippen LogP contribution in [0.3, 0.4) is 0 Å². The maximum Gasteiger partial charge on any atom is 0.338 e. The Hall–Kier alpha value is -3.39. The van der Waals surface area contributed by atoms with E-state index < -0.39 is 22.6 Å². The minimum absolute atomic E-state index is 0.00126. The van der Waals surface area contributed by atoms with Crippen LogP contribution in [0.2, 0.25) is 0 Å². The van der Waals surface area contributed by atoms with E-state index in [1.54, 1.807) is 18.2 Å². The van der Waals surface area contributed by atoms with E-state index in [0.717, 1.165) is 17.0 Å². The molecule has 1 aliphatic rings. The van der Waals surface area contributed by atoms with Crippen LogP contribution in [0.1, 0.15) is 44.6 Å². The van der Waals surface area contributed by atoms with Crippen LogP contribution in [0.5, 0.6) is 0 Å². The number of hydrogen-bond acceptors (Lipinski definition) is 5. The molecule has 1 unspecified atom stereocenters. The molecule has 1 atom stereocenters. The summed E-state index contributed by atoms with van der Waals surface area (Å²) in [4.78, 5) is 25.1. The number of ketones is 1. The van der Waals surface area contributed by atoms with Gasteiger partial charge in [-0.2, -0.15) is 0 Å². The molecule has 2 aromatic carbocycles. The second-order valence-corrected chi connectivity index (χ2v) is 10.2. The molecule has 0 saturated heterocycles. The highest BCUT2D eigenvalue weighted by molar-refractivity contribution is 7.92. The smallest absolute Gasteiger partial charge is 0.338 e. The van der Waals surface area contributed by atoms with Crippen molar-refractivity contribution in [2.45, 2.75) is 38.1 Å². The Morgan fingerprint density at radius 3 is 2.48 bits per heavy atom. The molecule has 1 aliphatic heterocycles. The molecule has 3 aromatic rings. The highest BCUT2D eigenvalue weighted by Gasteiger charge is 2.36. The van der Waals surface area contributed by atoms with Crippen LogP contribution in [0.25, 0.3) is 0 Å². The van der Waals surface area contributed by atoms with Gasteiger partial charge in [-0.15, -0.1) is 0 Å². The zero-order valence-electron chi connectivity index (χ0n) is 19.0. The van der Waals surface area contributed by atoms with Gasteiger partial charge in [0, 0.05) is 30.0 Å². The number of Topliss-reactive ketones (excluding diaryl/α,β-unsaturated/α-hetero) is 1. The molecule has 7 nitrogen and oxygen atoms in total. The zero-order valence-corrected chi connectivity index (χ0v) is 19.8. The third kappa shape index (κ3) is 4.06. The van der Waals surface area contributed by atoms with Gasteiger partial charge < -0.3 is 9.30 Å². The van der Waals surface area contributed by atoms with Crippen LogP contribution >= 0.6 is 0 Å². The molecule has 0 spiro atoms. The lowest BCUT2D eigenvalue weighted by Gasteiger charge is -2.24. The number of fused-ring (bicyclic) bond motifs is 1. The number of carbonyl (C=O) groups is 2. The Morgan fingerprint density at radius 1 is 1.06 bits per heavy atom. The number of ether oxygens (including phenoxy) is 1. The number of aromatic nitrogens is 1. The van der Waals surface area contributed by atoms with Crippen LogP contribution in [0.15, 0.2) is 59.5 Å². The molecule has 172 valence electrons. The molecule has 0 N–H and O–H groups in total. The largest absolute Gasteiger partial charge is 0.454 e. The van der Waals surface area contributed by atoms with Crippen LogP contribution in [-0.4, -0.2) is 37.4 Å². The highest BCUT2D eigenvalue weighted by atomic mass is 32.2. The lowest BCUT2D eigenvalue weighted by Crippen LogP contribution is -2.35. The number of sulfonamides is 1. The fraction of sp³-hybridized carbons (Fsp3) is 0.280. The Kier molecular flexibility index (Phi) is 5.88. The topological polar surface area (TPSA) is 85.7 Å². The molecule has 33 heavy (non-hydrogen) atoms. The molecular weight excluding hydrogens is 440 g/mol. The summed E-state index contributed by atoms with van der Waals surface area (Å²) in [6.07, 6.45) is 0.623. The van der Waals surface area contributed by atoms with E-state index in [1.165, 1.54) is 28.6 Å². The van der Waals surface area contributed by atoms with Crippen LogP contribution < -0.4 is 4.31 Å². The molecule has 0 radical (unpaired) electrons. The molecule has 0 amide bonds. The summed E-state index contributed by atoms with van der Waals surface area (Å²) < 4.78 is 35.3. The van der Waals surface area contributed by atoms with Crippen molar-refractivity contribution >= 4 is 27.5 Å². The number of benzene rings is 2. The first-order chi connectivity index (χ1) is 15.6. The molecule has 0 fully saturated rings. The summed E-state index contributed by atoms with van der Waals surface area (Å²) in [5, 5.41) is 0. The average molecular weight is 467 g/mol. The summed E-state index contributed by atoms with van der Waals surface area (Å²) in [5.74, 6) is -1.06. The lowest BCUT2D eigenvalue weighted by atomic mass is 10.1. The van der Waals surface area contributed by atoms with Crippen molar-refractivity contribution in [3.63, 3.8) is 0 Å². The van der Waals surface area contributed by atoms with Gasteiger partial charge in [-0.25, -0.2) is 13.2 Å². The first-order valence-corrected chi connectivity index (χ1v) is 12.1. The second-order valence-electron chi connectivity index (χ2n) is 8.35. The van der Waals surface area contributed by atoms with Crippen molar-refractivity contribution in [3.05, 3.63) is 82.7 Å². The molecule has 0 saturated carbocycles. The van der Waals surface area contributed by atoms with Crippen molar-refractivity contribution in [1.82, 2.24) is 4.57 Å². The fourth-order valence-corrected chi connectivity index (χ4v) is 5.97. The summed E-state index contributed by atoms with van der Waals surface area (Å²) in [7, 11) is -2.02. The molecule has 8 heteroatoms. The quantitative estimate of drug-likeness (QED) is 0.407. The fourth-order valence-electron chi connectivity index (χ4n) is 4.23. The average Bonchev–Trinajstić information content (AvgIpc) is 3.28. The molecule has 0 bridgehead atoms. The molecule has 4 rings (SSSR count). The van der Waals surface area contributed by atoms with E-state index in [2.05, 4.69) is 0 Å². The number of rotatable bonds is 6. The van der Waals surface area contributed by atoms with Gasteiger partial charge in [0.05, 0.1) is 16.1 Å². The lowest BCUT2D eigenvalue weighted by molar-refractivity contribution is 0.0474. The van der Waals surface area contributed by atoms with Gasteiger partial charge in [-0.3, -0.25) is 9.10 Å². The summed E-state index contributed by atoms with van der Waals surface area (Å²) in [6, 6.07) is 14.7. The number of nitrogens with zero attached hydrogens (tertiary/aromatic N) is 2. The first kappa shape index (κ1) is 22.8. The van der Waals surface area contributed by atoms with Gasteiger partial charge in [-0.1, -0.05) is 24.3 Å². The van der Waals surface area contributed by atoms with Crippen molar-refractivity contribution < 1.29 is 22.7 Å². The summed E-state index contributed by atoms with van der Waals surface area (Å²) in [6.45, 7) is 5.15. The van der Waals surface area contributed by atoms with E-state index in [4.69, 9.17) is 4.74 Å². The van der Waals surface area contributed by atoms with E-state index in [1.807, 2.05) is 44.5 Å². The monoisotopic (exact) mass is 466 g/mol. The van der Waals surface area contributed by atoms with Crippen LogP contribution in [-0.2, 0) is 28.2 Å². The first-order valence-electron chi connectivity index (χ1n) is 10.7. The maximum atomic E-state index is 13.4. The zero-order chi connectivity index (χ0) is 23.9. The van der Waals surface area contributed by atoms with E-state index in [-0.39, 0.29) is 22.3 Å². The third-order valence-electron chi connectivity index (χ3n) is 6.18. The van der Waals surface area contributed by atoms with Crippen molar-refractivity contribution in [1.29, 1.82) is 0 Å². The minimum Gasteiger partial charge on any atom is -0.454 e. The SMILES string of the molecule is Cc1cc(C(=O)COC(=O)c2cccc(S(=O)(=O)N3c4ccccc4CC3C)c2)c(C)n1C. The van der Waals surface area contributed by atoms with Gasteiger partial charge in [0.15, 0.2) is 6.61 Å². The van der Waals surface area contributed by atoms with Gasteiger partial charge in [0.25, 0.3) is 10.0 Å². The van der Waals surface area contributed by atoms with Crippen LogP contribution in [0, 0.1) is 13.8 Å². The molecule has 0 aliphatic carbocycles. The molecular formula is C25H26N2O5S. The normalized spacial score (nSPS) is 15.4. The summed E-state index contributed by atoms with van der Waals surface area (Å²) >= 11 is 0. The standard InChI is InChI=1S/C25H26N2O5S/c1-16-13-22(18(3)26(16)4)24(28)15-32-25(29)20-9-7-10-21(14-20)33(30,31)27-17(2)12-19-8-5-6-11-23(19)27/h5-11,13-14,17H,12,15H2,1-4H3. The Morgan fingerprint density at radius 2 is 1.79 bits per heavy atom. The Labute approximate surface area is 193 Å². The van der Waals surface area contributed by atoms with Crippen molar-refractivity contribution in [2.24, 2.45) is 7.05 Å². The van der Waals surface area contributed by atoms with Crippen LogP contribution in [0.4, 0.5) is 5.69 Å². The van der Waals surface area contributed by atoms with Crippen molar-refractivity contribution in [3.8, 4) is 0 Å². The Balaban J connectivity index is 1.53. The summed E-state index contributed by atoms with van der Waals surface area (Å²) in [5.41, 5.74) is 3.91. The predicted octanol–water partition coefficient (Wildman–Crippen LogP) is 3.82. The predicted molar refractivity (Wildman–Crippen MR) is 125 cm³/mol. The number of aryl methyl sites for hydroxylation is 1. The maximum absolute atomic E-state index is 13.4. The molecule has 2 heterocycles. The highest BCUT2D eigenvalue weighted by Crippen LogP contribution is 2.36. The van der Waals surface area contributed by atoms with Gasteiger partial charge in [0.1, 0.15) is 0 Å². The van der Waals surface area contributed by atoms with Gasteiger partial charge in [-0.05, 0) is 63.1 Å². The Bertz CT molecular complexity index is 1360. The third-order valence-corrected chi connectivity index (χ3v) is 8.11.